The van der Waals surface area contributed by atoms with Gasteiger partial charge in [-0.1, -0.05) is 20.3 Å². The van der Waals surface area contributed by atoms with Gasteiger partial charge in [-0.3, -0.25) is 0 Å². The Hall–Kier alpha value is -1.14. The van der Waals surface area contributed by atoms with E-state index in [4.69, 9.17) is 0 Å². The Balaban J connectivity index is 1.77. The summed E-state index contributed by atoms with van der Waals surface area (Å²) in [5.74, 6) is 1.52. The van der Waals surface area contributed by atoms with Crippen molar-refractivity contribution >= 4 is 17.3 Å². The first-order valence-electron chi connectivity index (χ1n) is 9.39. The third-order valence-corrected chi connectivity index (χ3v) is 5.43. The predicted octanol–water partition coefficient (Wildman–Crippen LogP) is 2.88. The second kappa shape index (κ2) is 10.7. The average molecular weight is 352 g/mol. The smallest absolute Gasteiger partial charge is 0.191 e. The van der Waals surface area contributed by atoms with Gasteiger partial charge in [-0.15, -0.1) is 11.3 Å². The Labute approximate surface area is 151 Å². The number of thiazole rings is 1. The fourth-order valence-electron chi connectivity index (χ4n) is 2.99. The SMILES string of the molecule is CCNC(=NCc1ncc(CC)s1)NCC(C)CN1CCCCC1. The molecule has 1 aromatic heterocycles. The number of rotatable bonds is 8. The van der Waals surface area contributed by atoms with Gasteiger partial charge in [-0.05, 0) is 45.2 Å². The molecule has 5 nitrogen and oxygen atoms in total. The summed E-state index contributed by atoms with van der Waals surface area (Å²) in [6.07, 6.45) is 7.14. The lowest BCUT2D eigenvalue weighted by Gasteiger charge is -2.29. The third-order valence-electron chi connectivity index (χ3n) is 4.30. The van der Waals surface area contributed by atoms with Crippen molar-refractivity contribution in [3.8, 4) is 0 Å². The molecule has 0 spiro atoms. The summed E-state index contributed by atoms with van der Waals surface area (Å²) in [5, 5.41) is 7.91. The Morgan fingerprint density at radius 3 is 2.75 bits per heavy atom. The van der Waals surface area contributed by atoms with Gasteiger partial charge in [0.15, 0.2) is 5.96 Å². The van der Waals surface area contributed by atoms with Crippen LogP contribution >= 0.6 is 11.3 Å². The fourth-order valence-corrected chi connectivity index (χ4v) is 3.78. The van der Waals surface area contributed by atoms with Crippen molar-refractivity contribution in [2.24, 2.45) is 10.9 Å². The van der Waals surface area contributed by atoms with E-state index in [-0.39, 0.29) is 0 Å². The molecule has 1 atom stereocenters. The van der Waals surface area contributed by atoms with Crippen LogP contribution in [0.5, 0.6) is 0 Å². The average Bonchev–Trinajstić information content (AvgIpc) is 3.06. The van der Waals surface area contributed by atoms with Crippen LogP contribution in [-0.4, -0.2) is 48.6 Å². The quantitative estimate of drug-likeness (QED) is 0.558. The van der Waals surface area contributed by atoms with Gasteiger partial charge in [0.1, 0.15) is 5.01 Å². The molecule has 0 aromatic carbocycles. The van der Waals surface area contributed by atoms with E-state index in [1.807, 2.05) is 6.20 Å². The molecule has 2 rings (SSSR count). The molecule has 0 saturated carbocycles. The van der Waals surface area contributed by atoms with Gasteiger partial charge in [0.2, 0.25) is 0 Å². The van der Waals surface area contributed by atoms with Crippen LogP contribution in [0.15, 0.2) is 11.2 Å². The van der Waals surface area contributed by atoms with Crippen LogP contribution < -0.4 is 10.6 Å². The van der Waals surface area contributed by atoms with Crippen LogP contribution in [-0.2, 0) is 13.0 Å². The van der Waals surface area contributed by atoms with Crippen molar-refractivity contribution in [2.75, 3.05) is 32.7 Å². The zero-order valence-corrected chi connectivity index (χ0v) is 16.3. The number of hydrogen-bond acceptors (Lipinski definition) is 4. The summed E-state index contributed by atoms with van der Waals surface area (Å²) >= 11 is 1.76. The molecule has 0 bridgehead atoms. The van der Waals surface area contributed by atoms with Crippen LogP contribution in [0.25, 0.3) is 0 Å². The highest BCUT2D eigenvalue weighted by atomic mass is 32.1. The number of aromatic nitrogens is 1. The first-order chi connectivity index (χ1) is 11.7. The van der Waals surface area contributed by atoms with Gasteiger partial charge in [-0.2, -0.15) is 0 Å². The number of aliphatic imine (C=N–C) groups is 1. The van der Waals surface area contributed by atoms with Gasteiger partial charge in [0.05, 0.1) is 6.54 Å². The molecule has 1 saturated heterocycles. The molecule has 1 unspecified atom stereocenters. The molecular weight excluding hydrogens is 318 g/mol. The number of likely N-dealkylation sites (tertiary alicyclic amines) is 1. The van der Waals surface area contributed by atoms with Crippen LogP contribution in [0.3, 0.4) is 0 Å². The number of nitrogens with one attached hydrogen (secondary N) is 2. The molecule has 1 aliphatic heterocycles. The largest absolute Gasteiger partial charge is 0.357 e. The molecule has 136 valence electrons. The van der Waals surface area contributed by atoms with Crippen molar-refractivity contribution in [3.05, 3.63) is 16.1 Å². The maximum atomic E-state index is 4.68. The second-order valence-electron chi connectivity index (χ2n) is 6.62. The fraction of sp³-hybridized carbons (Fsp3) is 0.778. The van der Waals surface area contributed by atoms with Crippen LogP contribution in [0, 0.1) is 5.92 Å². The summed E-state index contributed by atoms with van der Waals surface area (Å²) in [4.78, 5) is 13.0. The standard InChI is InChI=1S/C18H33N5S/c1-4-16-12-20-17(24-16)13-22-18(19-5-2)21-11-15(3)14-23-9-7-6-8-10-23/h12,15H,4-11,13-14H2,1-3H3,(H2,19,21,22). The number of hydrogen-bond donors (Lipinski definition) is 2. The van der Waals surface area contributed by atoms with Gasteiger partial charge < -0.3 is 15.5 Å². The van der Waals surface area contributed by atoms with Crippen LogP contribution in [0.2, 0.25) is 0 Å². The third kappa shape index (κ3) is 6.77. The highest BCUT2D eigenvalue weighted by Gasteiger charge is 2.13. The van der Waals surface area contributed by atoms with Crippen molar-refractivity contribution in [3.63, 3.8) is 0 Å². The van der Waals surface area contributed by atoms with Crippen molar-refractivity contribution in [1.82, 2.24) is 20.5 Å². The van der Waals surface area contributed by atoms with Crippen LogP contribution in [0.1, 0.15) is 49.9 Å². The molecule has 1 fully saturated rings. The van der Waals surface area contributed by atoms with Crippen molar-refractivity contribution < 1.29 is 0 Å². The summed E-state index contributed by atoms with van der Waals surface area (Å²) in [7, 11) is 0. The Kier molecular flexibility index (Phi) is 8.53. The molecule has 2 heterocycles. The summed E-state index contributed by atoms with van der Waals surface area (Å²) in [5.41, 5.74) is 0. The number of guanidine groups is 1. The molecule has 0 radical (unpaired) electrons. The van der Waals surface area contributed by atoms with Gasteiger partial charge in [0.25, 0.3) is 0 Å². The lowest BCUT2D eigenvalue weighted by molar-refractivity contribution is 0.201. The Morgan fingerprint density at radius 1 is 1.29 bits per heavy atom. The molecule has 1 aromatic rings. The van der Waals surface area contributed by atoms with Gasteiger partial charge in [0, 0.05) is 30.7 Å². The molecule has 6 heteroatoms. The molecular formula is C18H33N5S. The first kappa shape index (κ1) is 19.2. The minimum atomic E-state index is 0.624. The molecule has 2 N–H and O–H groups in total. The van der Waals surface area contributed by atoms with E-state index < -0.39 is 0 Å². The van der Waals surface area contributed by atoms with E-state index in [0.29, 0.717) is 12.5 Å². The Morgan fingerprint density at radius 2 is 2.08 bits per heavy atom. The van der Waals surface area contributed by atoms with E-state index in [1.165, 1.54) is 43.8 Å². The number of piperidine rings is 1. The summed E-state index contributed by atoms with van der Waals surface area (Å²) < 4.78 is 0. The zero-order chi connectivity index (χ0) is 17.2. The van der Waals surface area contributed by atoms with E-state index in [0.717, 1.165) is 30.5 Å². The zero-order valence-electron chi connectivity index (χ0n) is 15.5. The van der Waals surface area contributed by atoms with Crippen molar-refractivity contribution in [1.29, 1.82) is 0 Å². The highest BCUT2D eigenvalue weighted by molar-refractivity contribution is 7.11. The monoisotopic (exact) mass is 351 g/mol. The van der Waals surface area contributed by atoms with Gasteiger partial charge >= 0.3 is 0 Å². The van der Waals surface area contributed by atoms with E-state index in [1.54, 1.807) is 11.3 Å². The number of aryl methyl sites for hydroxylation is 1. The first-order valence-corrected chi connectivity index (χ1v) is 10.2. The Bertz CT molecular complexity index is 493. The summed E-state index contributed by atoms with van der Waals surface area (Å²) in [6, 6.07) is 0. The van der Waals surface area contributed by atoms with Crippen molar-refractivity contribution in [2.45, 2.75) is 53.0 Å². The maximum Gasteiger partial charge on any atom is 0.191 e. The minimum Gasteiger partial charge on any atom is -0.357 e. The van der Waals surface area contributed by atoms with Gasteiger partial charge in [-0.25, -0.2) is 9.98 Å². The lowest BCUT2D eigenvalue weighted by Crippen LogP contribution is -2.42. The predicted molar refractivity (Wildman–Crippen MR) is 104 cm³/mol. The second-order valence-corrected chi connectivity index (χ2v) is 7.82. The molecule has 0 amide bonds. The molecule has 0 aliphatic carbocycles. The normalized spacial score (nSPS) is 17.7. The minimum absolute atomic E-state index is 0.624. The molecule has 24 heavy (non-hydrogen) atoms. The van der Waals surface area contributed by atoms with Crippen LogP contribution in [0.4, 0.5) is 0 Å². The molecule has 1 aliphatic rings. The number of nitrogens with zero attached hydrogens (tertiary/aromatic N) is 3. The van der Waals surface area contributed by atoms with E-state index in [9.17, 15) is 0 Å². The van der Waals surface area contributed by atoms with E-state index >= 15 is 0 Å². The van der Waals surface area contributed by atoms with E-state index in [2.05, 4.69) is 46.3 Å². The topological polar surface area (TPSA) is 52.6 Å². The lowest BCUT2D eigenvalue weighted by atomic mass is 10.1. The maximum absolute atomic E-state index is 4.68. The highest BCUT2D eigenvalue weighted by Crippen LogP contribution is 2.14. The summed E-state index contributed by atoms with van der Waals surface area (Å²) in [6.45, 7) is 12.8.